The molecule has 0 saturated carbocycles. The maximum absolute atomic E-state index is 11.0. The molecule has 0 unspecified atom stereocenters. The van der Waals surface area contributed by atoms with Gasteiger partial charge in [0.15, 0.2) is 5.76 Å². The van der Waals surface area contributed by atoms with Crippen LogP contribution in [-0.2, 0) is 4.74 Å². The number of hydrogen-bond acceptors (Lipinski definition) is 8. The molecule has 0 spiro atoms. The van der Waals surface area contributed by atoms with E-state index < -0.39 is 5.97 Å². The molecular formula is C21H18N4O5. The van der Waals surface area contributed by atoms with E-state index in [1.165, 1.54) is 24.3 Å². The van der Waals surface area contributed by atoms with Gasteiger partial charge in [0.25, 0.3) is 0 Å². The average molecular weight is 406 g/mol. The molecule has 0 aliphatic heterocycles. The van der Waals surface area contributed by atoms with Crippen LogP contribution in [0.4, 0.5) is 5.69 Å². The Balaban J connectivity index is 1.86. The van der Waals surface area contributed by atoms with Crippen LogP contribution in [-0.4, -0.2) is 42.3 Å². The molecule has 1 heterocycles. The Morgan fingerprint density at radius 3 is 2.63 bits per heavy atom. The molecule has 4 N–H and O–H groups in total. The molecule has 3 aromatic rings. The van der Waals surface area contributed by atoms with E-state index in [9.17, 15) is 10.1 Å². The van der Waals surface area contributed by atoms with Gasteiger partial charge in [-0.15, -0.1) is 0 Å². The van der Waals surface area contributed by atoms with Crippen LogP contribution in [0.1, 0.15) is 27.2 Å². The van der Waals surface area contributed by atoms with Crippen molar-refractivity contribution in [2.45, 2.75) is 0 Å². The van der Waals surface area contributed by atoms with Gasteiger partial charge in [-0.25, -0.2) is 4.79 Å². The number of hydrogen-bond donors (Lipinski definition) is 3. The van der Waals surface area contributed by atoms with E-state index in [1.807, 2.05) is 6.07 Å². The summed E-state index contributed by atoms with van der Waals surface area (Å²) in [5.74, 6) is -0.570. The number of anilines is 1. The molecule has 0 amide bonds. The zero-order valence-electron chi connectivity index (χ0n) is 16.0. The van der Waals surface area contributed by atoms with Crippen molar-refractivity contribution in [3.8, 4) is 23.1 Å². The van der Waals surface area contributed by atoms with Gasteiger partial charge >= 0.3 is 5.97 Å². The minimum atomic E-state index is -1.03. The van der Waals surface area contributed by atoms with E-state index in [0.717, 1.165) is 0 Å². The highest BCUT2D eigenvalue weighted by atomic mass is 16.5. The molecule has 3 rings (SSSR count). The van der Waals surface area contributed by atoms with Gasteiger partial charge in [0.1, 0.15) is 29.8 Å². The second-order valence-electron chi connectivity index (χ2n) is 6.22. The van der Waals surface area contributed by atoms with Crippen LogP contribution in [0.15, 0.2) is 47.0 Å². The lowest BCUT2D eigenvalue weighted by molar-refractivity contribution is 0.0697. The van der Waals surface area contributed by atoms with E-state index in [0.29, 0.717) is 29.2 Å². The molecule has 30 heavy (non-hydrogen) atoms. The summed E-state index contributed by atoms with van der Waals surface area (Å²) in [7, 11) is 1.54. The molecule has 9 heteroatoms. The van der Waals surface area contributed by atoms with Gasteiger partial charge in [-0.3, -0.25) is 5.41 Å². The fourth-order valence-electron chi connectivity index (χ4n) is 2.70. The van der Waals surface area contributed by atoms with E-state index >= 15 is 0 Å². The summed E-state index contributed by atoms with van der Waals surface area (Å²) in [5.41, 5.74) is 8.02. The number of aromatic carboxylic acids is 1. The number of benzene rings is 2. The summed E-state index contributed by atoms with van der Waals surface area (Å²) in [6.07, 6.45) is 0. The van der Waals surface area contributed by atoms with E-state index in [4.69, 9.17) is 30.2 Å². The number of rotatable bonds is 8. The number of aromatic nitrogens is 1. The highest BCUT2D eigenvalue weighted by molar-refractivity contribution is 6.12. The summed E-state index contributed by atoms with van der Waals surface area (Å²) >= 11 is 0. The maximum atomic E-state index is 11.0. The second kappa shape index (κ2) is 8.89. The van der Waals surface area contributed by atoms with Crippen LogP contribution in [0.25, 0.3) is 11.3 Å². The van der Waals surface area contributed by atoms with Crippen LogP contribution >= 0.6 is 0 Å². The molecular weight excluding hydrogens is 388 g/mol. The van der Waals surface area contributed by atoms with Crippen molar-refractivity contribution in [3.05, 3.63) is 64.9 Å². The van der Waals surface area contributed by atoms with Gasteiger partial charge in [0.2, 0.25) is 0 Å². The number of methoxy groups -OCH3 is 1. The predicted octanol–water partition coefficient (Wildman–Crippen LogP) is 2.94. The van der Waals surface area contributed by atoms with Crippen LogP contribution in [0.3, 0.4) is 0 Å². The first-order chi connectivity index (χ1) is 14.4. The number of ether oxygens (including phenoxy) is 2. The highest BCUT2D eigenvalue weighted by Crippen LogP contribution is 2.28. The smallest absolute Gasteiger partial charge is 0.335 e. The van der Waals surface area contributed by atoms with Crippen molar-refractivity contribution >= 4 is 17.4 Å². The van der Waals surface area contributed by atoms with Crippen molar-refractivity contribution in [2.24, 2.45) is 0 Å². The summed E-state index contributed by atoms with van der Waals surface area (Å²) in [6.45, 7) is 0.615. The standard InChI is InChI=1S/C21H18N4O5/c1-28-6-7-29-18-9-16(23)15(8-14(18)11-22)20(24)19-10-17(25-30-19)12-2-4-13(5-3-12)21(26)27/h2-5,8-10,24H,6-7,23H2,1H3,(H,26,27). The summed E-state index contributed by atoms with van der Waals surface area (Å²) < 4.78 is 15.7. The minimum Gasteiger partial charge on any atom is -0.490 e. The first-order valence-electron chi connectivity index (χ1n) is 8.79. The zero-order valence-corrected chi connectivity index (χ0v) is 16.0. The number of carboxylic acid groups (broad SMARTS) is 1. The van der Waals surface area contributed by atoms with Crippen molar-refractivity contribution in [1.29, 1.82) is 10.7 Å². The summed E-state index contributed by atoms with van der Waals surface area (Å²) in [6, 6.07) is 12.6. The van der Waals surface area contributed by atoms with Gasteiger partial charge in [0, 0.05) is 36.1 Å². The van der Waals surface area contributed by atoms with Gasteiger partial charge in [0.05, 0.1) is 17.7 Å². The average Bonchev–Trinajstić information content (AvgIpc) is 3.24. The van der Waals surface area contributed by atoms with Gasteiger partial charge in [-0.1, -0.05) is 17.3 Å². The first-order valence-corrected chi connectivity index (χ1v) is 8.79. The van der Waals surface area contributed by atoms with Crippen LogP contribution in [0, 0.1) is 16.7 Å². The lowest BCUT2D eigenvalue weighted by Gasteiger charge is -2.11. The van der Waals surface area contributed by atoms with E-state index in [-0.39, 0.29) is 34.9 Å². The Morgan fingerprint density at radius 1 is 1.27 bits per heavy atom. The Morgan fingerprint density at radius 2 is 2.00 bits per heavy atom. The van der Waals surface area contributed by atoms with Gasteiger partial charge < -0.3 is 24.8 Å². The van der Waals surface area contributed by atoms with Gasteiger partial charge in [-0.05, 0) is 18.2 Å². The Kier molecular flexibility index (Phi) is 6.10. The topological polar surface area (TPSA) is 155 Å². The van der Waals surface area contributed by atoms with E-state index in [1.54, 1.807) is 25.3 Å². The van der Waals surface area contributed by atoms with Crippen LogP contribution in [0.5, 0.6) is 5.75 Å². The number of nitrogen functional groups attached to an aromatic ring is 1. The lowest BCUT2D eigenvalue weighted by Crippen LogP contribution is -2.09. The molecule has 0 bridgehead atoms. The Labute approximate surface area is 171 Å². The summed E-state index contributed by atoms with van der Waals surface area (Å²) in [4.78, 5) is 11.0. The molecule has 152 valence electrons. The molecule has 0 radical (unpaired) electrons. The number of nitrogens with zero attached hydrogens (tertiary/aromatic N) is 2. The fourth-order valence-corrected chi connectivity index (χ4v) is 2.70. The zero-order chi connectivity index (χ0) is 21.7. The quantitative estimate of drug-likeness (QED) is 0.293. The Bertz CT molecular complexity index is 1130. The highest BCUT2D eigenvalue weighted by Gasteiger charge is 2.18. The lowest BCUT2D eigenvalue weighted by atomic mass is 10.0. The number of nitrogens with one attached hydrogen (secondary N) is 1. The van der Waals surface area contributed by atoms with Crippen molar-refractivity contribution in [2.75, 3.05) is 26.1 Å². The van der Waals surface area contributed by atoms with Gasteiger partial charge in [-0.2, -0.15) is 5.26 Å². The number of carbonyl (C=O) groups is 1. The van der Waals surface area contributed by atoms with Crippen molar-refractivity contribution in [1.82, 2.24) is 5.16 Å². The van der Waals surface area contributed by atoms with Crippen molar-refractivity contribution < 1.29 is 23.9 Å². The maximum Gasteiger partial charge on any atom is 0.335 e. The Hall–Kier alpha value is -4.16. The van der Waals surface area contributed by atoms with Crippen molar-refractivity contribution in [3.63, 3.8) is 0 Å². The third kappa shape index (κ3) is 4.29. The predicted molar refractivity (Wildman–Crippen MR) is 108 cm³/mol. The molecule has 0 aliphatic rings. The number of nitriles is 1. The van der Waals surface area contributed by atoms with Crippen LogP contribution < -0.4 is 10.5 Å². The molecule has 1 aromatic heterocycles. The SMILES string of the molecule is COCCOc1cc(N)c(C(=N)c2cc(-c3ccc(C(=O)O)cc3)no2)cc1C#N. The van der Waals surface area contributed by atoms with E-state index in [2.05, 4.69) is 5.16 Å². The number of nitrogens with two attached hydrogens (primary N) is 1. The molecule has 0 saturated heterocycles. The molecule has 0 aliphatic carbocycles. The summed E-state index contributed by atoms with van der Waals surface area (Å²) in [5, 5.41) is 30.8. The number of carboxylic acids is 1. The monoisotopic (exact) mass is 406 g/mol. The second-order valence-corrected chi connectivity index (χ2v) is 6.22. The normalized spacial score (nSPS) is 10.4. The molecule has 0 fully saturated rings. The van der Waals surface area contributed by atoms with Crippen LogP contribution in [0.2, 0.25) is 0 Å². The first kappa shape index (κ1) is 20.6. The molecule has 9 nitrogen and oxygen atoms in total. The molecule has 2 aromatic carbocycles. The fraction of sp³-hybridized carbons (Fsp3) is 0.143. The third-order valence-electron chi connectivity index (χ3n) is 4.27. The third-order valence-corrected chi connectivity index (χ3v) is 4.27. The molecule has 0 atom stereocenters. The largest absolute Gasteiger partial charge is 0.490 e. The minimum absolute atomic E-state index is 0.0478.